The molecular formula is C32H31ClN2O4. The van der Waals surface area contributed by atoms with Gasteiger partial charge in [0, 0.05) is 13.1 Å². The highest BCUT2D eigenvalue weighted by Crippen LogP contribution is 2.27. The molecule has 0 aliphatic rings. The number of hydrogen-bond acceptors (Lipinski definition) is 4. The SMILES string of the molecule is COc1ccc(CN(C(=O)COc2ccccc2Cl)[C@H](C(=O)NCc2ccc(C)cc2)c2ccccc2)cc1. The molecule has 0 saturated carbocycles. The zero-order chi connectivity index (χ0) is 27.6. The molecule has 0 aliphatic carbocycles. The molecule has 0 aromatic heterocycles. The summed E-state index contributed by atoms with van der Waals surface area (Å²) in [6.45, 7) is 2.25. The van der Waals surface area contributed by atoms with Gasteiger partial charge in [0.15, 0.2) is 6.61 Å². The fraction of sp³-hybridized carbons (Fsp3) is 0.188. The molecule has 0 aliphatic heterocycles. The van der Waals surface area contributed by atoms with E-state index in [0.29, 0.717) is 28.6 Å². The van der Waals surface area contributed by atoms with E-state index in [-0.39, 0.29) is 25.0 Å². The monoisotopic (exact) mass is 542 g/mol. The summed E-state index contributed by atoms with van der Waals surface area (Å²) in [4.78, 5) is 29.0. The van der Waals surface area contributed by atoms with Gasteiger partial charge in [-0.1, -0.05) is 96.0 Å². The Morgan fingerprint density at radius 3 is 2.15 bits per heavy atom. The number of carbonyl (C=O) groups is 2. The molecule has 0 spiro atoms. The number of methoxy groups -OCH3 is 1. The molecule has 2 amide bonds. The van der Waals surface area contributed by atoms with Gasteiger partial charge in [0.1, 0.15) is 17.5 Å². The molecule has 4 rings (SSSR count). The largest absolute Gasteiger partial charge is 0.497 e. The quantitative estimate of drug-likeness (QED) is 0.248. The van der Waals surface area contributed by atoms with Gasteiger partial charge in [-0.25, -0.2) is 0 Å². The molecule has 0 unspecified atom stereocenters. The summed E-state index contributed by atoms with van der Waals surface area (Å²) in [6.07, 6.45) is 0. The molecule has 0 radical (unpaired) electrons. The van der Waals surface area contributed by atoms with Crippen LogP contribution in [0.3, 0.4) is 0 Å². The lowest BCUT2D eigenvalue weighted by molar-refractivity contribution is -0.143. The van der Waals surface area contributed by atoms with Gasteiger partial charge in [-0.3, -0.25) is 9.59 Å². The predicted octanol–water partition coefficient (Wildman–Crippen LogP) is 6.12. The van der Waals surface area contributed by atoms with Crippen molar-refractivity contribution in [3.8, 4) is 11.5 Å². The number of aryl methyl sites for hydroxylation is 1. The van der Waals surface area contributed by atoms with Crippen LogP contribution in [0.15, 0.2) is 103 Å². The van der Waals surface area contributed by atoms with Gasteiger partial charge in [0.05, 0.1) is 12.1 Å². The third-order valence-electron chi connectivity index (χ3n) is 6.28. The number of rotatable bonds is 11. The zero-order valence-electron chi connectivity index (χ0n) is 22.0. The van der Waals surface area contributed by atoms with E-state index in [1.807, 2.05) is 85.8 Å². The van der Waals surface area contributed by atoms with E-state index in [1.165, 1.54) is 0 Å². The second-order valence-electron chi connectivity index (χ2n) is 9.11. The number of nitrogens with one attached hydrogen (secondary N) is 1. The summed E-state index contributed by atoms with van der Waals surface area (Å²) < 4.78 is 11.1. The van der Waals surface area contributed by atoms with Crippen molar-refractivity contribution in [1.82, 2.24) is 10.2 Å². The zero-order valence-corrected chi connectivity index (χ0v) is 22.7. The first-order valence-electron chi connectivity index (χ1n) is 12.6. The van der Waals surface area contributed by atoms with E-state index in [4.69, 9.17) is 21.1 Å². The summed E-state index contributed by atoms with van der Waals surface area (Å²) in [7, 11) is 1.60. The van der Waals surface area contributed by atoms with Crippen LogP contribution in [0.5, 0.6) is 11.5 Å². The molecule has 0 bridgehead atoms. The summed E-state index contributed by atoms with van der Waals surface area (Å²) in [5.41, 5.74) is 3.64. The number of para-hydroxylation sites is 1. The summed E-state index contributed by atoms with van der Waals surface area (Å²) in [6, 6.07) is 30.7. The number of amides is 2. The summed E-state index contributed by atoms with van der Waals surface area (Å²) >= 11 is 6.24. The number of halogens is 1. The average Bonchev–Trinajstić information content (AvgIpc) is 2.97. The van der Waals surface area contributed by atoms with Crippen molar-refractivity contribution >= 4 is 23.4 Å². The lowest BCUT2D eigenvalue weighted by Gasteiger charge is -2.31. The standard InChI is InChI=1S/C32H31ClN2O4/c1-23-12-14-24(15-13-23)20-34-32(37)31(26-8-4-3-5-9-26)35(21-25-16-18-27(38-2)19-17-25)30(36)22-39-29-11-7-6-10-28(29)33/h3-19,31H,20-22H2,1-2H3,(H,34,37)/t31-/m0/s1. The molecule has 7 heteroatoms. The first kappa shape index (κ1) is 27.7. The van der Waals surface area contributed by atoms with Crippen molar-refractivity contribution in [2.75, 3.05) is 13.7 Å². The van der Waals surface area contributed by atoms with E-state index in [1.54, 1.807) is 36.3 Å². The van der Waals surface area contributed by atoms with E-state index < -0.39 is 6.04 Å². The van der Waals surface area contributed by atoms with Crippen LogP contribution in [-0.4, -0.2) is 30.4 Å². The Balaban J connectivity index is 1.63. The fourth-order valence-electron chi connectivity index (χ4n) is 4.14. The molecule has 0 fully saturated rings. The van der Waals surface area contributed by atoms with Gasteiger partial charge >= 0.3 is 0 Å². The van der Waals surface area contributed by atoms with Crippen LogP contribution in [0, 0.1) is 6.92 Å². The highest BCUT2D eigenvalue weighted by molar-refractivity contribution is 6.32. The minimum Gasteiger partial charge on any atom is -0.497 e. The van der Waals surface area contributed by atoms with Gasteiger partial charge in [0.25, 0.3) is 5.91 Å². The van der Waals surface area contributed by atoms with Gasteiger partial charge in [-0.2, -0.15) is 0 Å². The van der Waals surface area contributed by atoms with E-state index in [0.717, 1.165) is 16.7 Å². The molecule has 0 saturated heterocycles. The topological polar surface area (TPSA) is 67.9 Å². The van der Waals surface area contributed by atoms with Gasteiger partial charge in [0.2, 0.25) is 5.91 Å². The molecular weight excluding hydrogens is 512 g/mol. The van der Waals surface area contributed by atoms with E-state index >= 15 is 0 Å². The van der Waals surface area contributed by atoms with Crippen molar-refractivity contribution in [2.45, 2.75) is 26.1 Å². The molecule has 4 aromatic carbocycles. The normalized spacial score (nSPS) is 11.4. The minimum absolute atomic E-state index is 0.187. The molecule has 39 heavy (non-hydrogen) atoms. The smallest absolute Gasteiger partial charge is 0.261 e. The Kier molecular flexibility index (Phi) is 9.59. The van der Waals surface area contributed by atoms with Crippen LogP contribution in [-0.2, 0) is 22.7 Å². The van der Waals surface area contributed by atoms with Crippen LogP contribution < -0.4 is 14.8 Å². The van der Waals surface area contributed by atoms with Crippen molar-refractivity contribution in [3.63, 3.8) is 0 Å². The number of nitrogens with zero attached hydrogens (tertiary/aromatic N) is 1. The first-order chi connectivity index (χ1) is 18.9. The number of ether oxygens (including phenoxy) is 2. The van der Waals surface area contributed by atoms with Crippen molar-refractivity contribution in [1.29, 1.82) is 0 Å². The Morgan fingerprint density at radius 2 is 1.49 bits per heavy atom. The molecule has 4 aromatic rings. The van der Waals surface area contributed by atoms with Crippen LogP contribution in [0.2, 0.25) is 5.02 Å². The molecule has 200 valence electrons. The Hall–Kier alpha value is -4.29. The van der Waals surface area contributed by atoms with Crippen molar-refractivity contribution in [2.24, 2.45) is 0 Å². The predicted molar refractivity (Wildman–Crippen MR) is 153 cm³/mol. The second-order valence-corrected chi connectivity index (χ2v) is 9.51. The maximum Gasteiger partial charge on any atom is 0.261 e. The van der Waals surface area contributed by atoms with Gasteiger partial charge < -0.3 is 19.7 Å². The van der Waals surface area contributed by atoms with Crippen LogP contribution >= 0.6 is 11.6 Å². The second kappa shape index (κ2) is 13.5. The Bertz CT molecular complexity index is 1380. The average molecular weight is 543 g/mol. The first-order valence-corrected chi connectivity index (χ1v) is 13.0. The van der Waals surface area contributed by atoms with Crippen molar-refractivity contribution < 1.29 is 19.1 Å². The van der Waals surface area contributed by atoms with Crippen LogP contribution in [0.25, 0.3) is 0 Å². The van der Waals surface area contributed by atoms with Gasteiger partial charge in [-0.15, -0.1) is 0 Å². The molecule has 6 nitrogen and oxygen atoms in total. The number of carbonyl (C=O) groups excluding carboxylic acids is 2. The fourth-order valence-corrected chi connectivity index (χ4v) is 4.33. The molecule has 1 atom stereocenters. The van der Waals surface area contributed by atoms with Gasteiger partial charge in [-0.05, 0) is 47.9 Å². The van der Waals surface area contributed by atoms with E-state index in [2.05, 4.69) is 5.32 Å². The Morgan fingerprint density at radius 1 is 0.846 bits per heavy atom. The Labute approximate surface area is 234 Å². The lowest BCUT2D eigenvalue weighted by atomic mass is 10.0. The maximum absolute atomic E-state index is 13.8. The number of hydrogen-bond donors (Lipinski definition) is 1. The van der Waals surface area contributed by atoms with Crippen LogP contribution in [0.1, 0.15) is 28.3 Å². The summed E-state index contributed by atoms with van der Waals surface area (Å²) in [5, 5.41) is 3.43. The lowest BCUT2D eigenvalue weighted by Crippen LogP contribution is -2.45. The highest BCUT2D eigenvalue weighted by Gasteiger charge is 2.32. The number of benzene rings is 4. The highest BCUT2D eigenvalue weighted by atomic mass is 35.5. The van der Waals surface area contributed by atoms with Crippen LogP contribution in [0.4, 0.5) is 0 Å². The third-order valence-corrected chi connectivity index (χ3v) is 6.60. The molecule has 1 N–H and O–H groups in total. The minimum atomic E-state index is -0.888. The molecule has 0 heterocycles. The third kappa shape index (κ3) is 7.62. The maximum atomic E-state index is 13.8. The van der Waals surface area contributed by atoms with E-state index in [9.17, 15) is 9.59 Å². The van der Waals surface area contributed by atoms with Crippen molar-refractivity contribution in [3.05, 3.63) is 130 Å². The summed E-state index contributed by atoms with van der Waals surface area (Å²) in [5.74, 6) is 0.456.